The molecule has 0 bridgehead atoms. The summed E-state index contributed by atoms with van der Waals surface area (Å²) >= 11 is 1.30. The number of methoxy groups -OCH3 is 1. The van der Waals surface area contributed by atoms with E-state index in [1.165, 1.54) is 23.3 Å². The standard InChI is InChI=1S/C34H31F5N6O3S/c1-4-28(46)41-18(2)25-14-26(44-43-25)32-30(29-23(36)12-21(35)13-27(29)48-9-8-47-3)33-22(6-10-49-33)31(42-32)19-11-20-16-45(17-34(37,38)39)7-5-24(20)40-15-19/h4,6,10-15,18H,1,5,7-9,16-17H2,2-3H3,(H,41,46)(H,43,44). The number of carbonyl (C=O) groups excluding carboxylic acids is 1. The molecule has 1 amide bonds. The van der Waals surface area contributed by atoms with Gasteiger partial charge >= 0.3 is 6.18 Å². The lowest BCUT2D eigenvalue weighted by atomic mass is 9.95. The number of fused-ring (bicyclic) bond motifs is 2. The number of amides is 1. The van der Waals surface area contributed by atoms with Crippen LogP contribution in [0.1, 0.15) is 29.9 Å². The quantitative estimate of drug-likeness (QED) is 0.0870. The number of rotatable bonds is 11. The summed E-state index contributed by atoms with van der Waals surface area (Å²) in [6.07, 6.45) is -1.21. The van der Waals surface area contributed by atoms with Crippen LogP contribution in [0.15, 0.2) is 54.6 Å². The Morgan fingerprint density at radius 2 is 2.00 bits per heavy atom. The number of alkyl halides is 3. The van der Waals surface area contributed by atoms with E-state index < -0.39 is 36.3 Å². The average Bonchev–Trinajstić information content (AvgIpc) is 3.74. The molecule has 6 rings (SSSR count). The zero-order chi connectivity index (χ0) is 34.9. The van der Waals surface area contributed by atoms with E-state index in [0.717, 1.165) is 18.2 Å². The summed E-state index contributed by atoms with van der Waals surface area (Å²) in [7, 11) is 1.48. The Bertz CT molecular complexity index is 2030. The topological polar surface area (TPSA) is 105 Å². The van der Waals surface area contributed by atoms with Crippen molar-refractivity contribution in [1.82, 2.24) is 30.4 Å². The molecule has 1 aliphatic rings. The molecule has 0 fully saturated rings. The van der Waals surface area contributed by atoms with Crippen molar-refractivity contribution in [2.75, 3.05) is 33.4 Å². The monoisotopic (exact) mass is 698 g/mol. The molecule has 1 aliphatic heterocycles. The van der Waals surface area contributed by atoms with Gasteiger partial charge in [-0.3, -0.25) is 19.8 Å². The Morgan fingerprint density at radius 3 is 2.76 bits per heavy atom. The number of aromatic nitrogens is 4. The minimum atomic E-state index is -4.34. The maximum absolute atomic E-state index is 16.0. The molecule has 0 aliphatic carbocycles. The van der Waals surface area contributed by atoms with Crippen molar-refractivity contribution in [2.45, 2.75) is 32.1 Å². The number of pyridine rings is 2. The number of carbonyl (C=O) groups is 1. The van der Waals surface area contributed by atoms with Gasteiger partial charge in [-0.1, -0.05) is 6.58 Å². The highest BCUT2D eigenvalue weighted by molar-refractivity contribution is 7.18. The van der Waals surface area contributed by atoms with Gasteiger partial charge in [0.1, 0.15) is 35.4 Å². The molecule has 15 heteroatoms. The fourth-order valence-corrected chi connectivity index (χ4v) is 6.78. The summed E-state index contributed by atoms with van der Waals surface area (Å²) in [4.78, 5) is 22.9. The van der Waals surface area contributed by atoms with Crippen molar-refractivity contribution in [3.63, 3.8) is 0 Å². The number of benzene rings is 1. The van der Waals surface area contributed by atoms with Crippen LogP contribution < -0.4 is 10.1 Å². The highest BCUT2D eigenvalue weighted by Crippen LogP contribution is 2.47. The fourth-order valence-electron chi connectivity index (χ4n) is 5.84. The fraction of sp³-hybridized carbons (Fsp3) is 0.294. The van der Waals surface area contributed by atoms with Crippen LogP contribution in [0.4, 0.5) is 22.0 Å². The van der Waals surface area contributed by atoms with Gasteiger partial charge in [-0.2, -0.15) is 18.3 Å². The molecule has 5 heterocycles. The van der Waals surface area contributed by atoms with Gasteiger partial charge in [0.05, 0.1) is 36.1 Å². The molecule has 1 unspecified atom stereocenters. The lowest BCUT2D eigenvalue weighted by Crippen LogP contribution is -2.38. The maximum atomic E-state index is 16.0. The summed E-state index contributed by atoms with van der Waals surface area (Å²) in [5.74, 6) is -2.19. The number of H-pyrrole nitrogens is 1. The number of aromatic amines is 1. The first-order valence-corrected chi connectivity index (χ1v) is 16.1. The zero-order valence-corrected chi connectivity index (χ0v) is 27.3. The van der Waals surface area contributed by atoms with E-state index in [-0.39, 0.29) is 49.0 Å². The largest absolute Gasteiger partial charge is 0.490 e. The predicted octanol–water partition coefficient (Wildman–Crippen LogP) is 7.00. The Hall–Kier alpha value is -4.73. The van der Waals surface area contributed by atoms with Crippen molar-refractivity contribution in [3.05, 3.63) is 83.1 Å². The first-order chi connectivity index (χ1) is 23.5. The van der Waals surface area contributed by atoms with E-state index in [9.17, 15) is 22.4 Å². The number of thiophene rings is 1. The summed E-state index contributed by atoms with van der Waals surface area (Å²) in [6, 6.07) is 6.60. The van der Waals surface area contributed by atoms with Crippen LogP contribution in [0.25, 0.3) is 43.9 Å². The Morgan fingerprint density at radius 1 is 1.18 bits per heavy atom. The van der Waals surface area contributed by atoms with Gasteiger partial charge in [-0.15, -0.1) is 11.3 Å². The molecule has 4 aromatic heterocycles. The van der Waals surface area contributed by atoms with Crippen LogP contribution >= 0.6 is 11.3 Å². The van der Waals surface area contributed by atoms with Gasteiger partial charge in [0, 0.05) is 71.9 Å². The number of halogens is 5. The van der Waals surface area contributed by atoms with Gasteiger partial charge in [0.2, 0.25) is 5.91 Å². The van der Waals surface area contributed by atoms with E-state index >= 15 is 4.39 Å². The van der Waals surface area contributed by atoms with Crippen LogP contribution in [0, 0.1) is 11.6 Å². The van der Waals surface area contributed by atoms with Gasteiger partial charge in [0.25, 0.3) is 0 Å². The molecule has 1 aromatic carbocycles. The smallest absolute Gasteiger partial charge is 0.401 e. The van der Waals surface area contributed by atoms with Gasteiger partial charge in [-0.05, 0) is 42.1 Å². The third-order valence-corrected chi connectivity index (χ3v) is 9.00. The highest BCUT2D eigenvalue weighted by atomic mass is 32.1. The van der Waals surface area contributed by atoms with E-state index in [1.54, 1.807) is 36.7 Å². The molecule has 9 nitrogen and oxygen atoms in total. The summed E-state index contributed by atoms with van der Waals surface area (Å²) in [6.45, 7) is 4.66. The maximum Gasteiger partial charge on any atom is 0.401 e. The van der Waals surface area contributed by atoms with Crippen molar-refractivity contribution in [2.24, 2.45) is 0 Å². The van der Waals surface area contributed by atoms with Crippen LogP contribution in [-0.4, -0.2) is 70.6 Å². The van der Waals surface area contributed by atoms with Gasteiger partial charge in [0.15, 0.2) is 0 Å². The molecule has 0 radical (unpaired) electrons. The predicted molar refractivity (Wildman–Crippen MR) is 175 cm³/mol. The second-order valence-electron chi connectivity index (χ2n) is 11.5. The first kappa shape index (κ1) is 34.1. The molecule has 49 heavy (non-hydrogen) atoms. The lowest BCUT2D eigenvalue weighted by Gasteiger charge is -2.29. The Balaban J connectivity index is 1.55. The summed E-state index contributed by atoms with van der Waals surface area (Å²) in [5, 5.41) is 12.6. The third kappa shape index (κ3) is 7.33. The van der Waals surface area contributed by atoms with Crippen LogP contribution in [0.2, 0.25) is 0 Å². The van der Waals surface area contributed by atoms with Gasteiger partial charge < -0.3 is 14.8 Å². The Kier molecular flexibility index (Phi) is 9.77. The molecule has 1 atom stereocenters. The number of hydrogen-bond donors (Lipinski definition) is 2. The van der Waals surface area contributed by atoms with Crippen molar-refractivity contribution < 1.29 is 36.2 Å². The average molecular weight is 699 g/mol. The number of nitrogens with one attached hydrogen (secondary N) is 2. The molecule has 0 spiro atoms. The van der Waals surface area contributed by atoms with E-state index in [4.69, 9.17) is 14.5 Å². The number of nitrogens with zero attached hydrogens (tertiary/aromatic N) is 4. The summed E-state index contributed by atoms with van der Waals surface area (Å²) in [5.41, 5.74) is 3.62. The molecular formula is C34H31F5N6O3S. The third-order valence-electron chi connectivity index (χ3n) is 8.07. The molecule has 0 saturated heterocycles. The van der Waals surface area contributed by atoms with Crippen molar-refractivity contribution in [1.29, 1.82) is 0 Å². The molecule has 256 valence electrons. The normalized spacial score (nSPS) is 14.1. The minimum absolute atomic E-state index is 0.0139. The molecular weight excluding hydrogens is 667 g/mol. The van der Waals surface area contributed by atoms with Crippen molar-refractivity contribution in [3.8, 4) is 39.5 Å². The minimum Gasteiger partial charge on any atom is -0.490 e. The number of hydrogen-bond acceptors (Lipinski definition) is 8. The number of ether oxygens (including phenoxy) is 2. The highest BCUT2D eigenvalue weighted by Gasteiger charge is 2.33. The molecule has 0 saturated carbocycles. The van der Waals surface area contributed by atoms with Crippen LogP contribution in [0.5, 0.6) is 5.75 Å². The summed E-state index contributed by atoms with van der Waals surface area (Å²) < 4.78 is 81.7. The SMILES string of the molecule is C=CC(=O)NC(C)c1cc(-c2nc(-c3cnc4c(c3)CN(CC(F)(F)F)CC4)c3ccsc3c2-c2c(F)cc(F)cc2OCCOC)n[nH]1. The zero-order valence-electron chi connectivity index (χ0n) is 26.5. The second-order valence-corrected chi connectivity index (χ2v) is 12.4. The Labute approximate surface area is 281 Å². The van der Waals surface area contributed by atoms with Crippen molar-refractivity contribution >= 4 is 27.3 Å². The first-order valence-electron chi connectivity index (χ1n) is 15.2. The molecule has 5 aromatic rings. The van der Waals surface area contributed by atoms with Crippen LogP contribution in [0.3, 0.4) is 0 Å². The van der Waals surface area contributed by atoms with Crippen LogP contribution in [-0.2, 0) is 22.5 Å². The van der Waals surface area contributed by atoms with E-state index in [2.05, 4.69) is 27.1 Å². The molecule has 2 N–H and O–H groups in total. The van der Waals surface area contributed by atoms with E-state index in [1.807, 2.05) is 0 Å². The van der Waals surface area contributed by atoms with E-state index in [0.29, 0.717) is 50.3 Å². The second kappa shape index (κ2) is 14.0. The lowest BCUT2D eigenvalue weighted by molar-refractivity contribution is -0.147. The van der Waals surface area contributed by atoms with Gasteiger partial charge in [-0.25, -0.2) is 13.8 Å².